The predicted octanol–water partition coefficient (Wildman–Crippen LogP) is 3.57. The van der Waals surface area contributed by atoms with Gasteiger partial charge in [-0.05, 0) is 24.3 Å². The maximum absolute atomic E-state index is 12.2. The highest BCUT2D eigenvalue weighted by molar-refractivity contribution is 7.98. The summed E-state index contributed by atoms with van der Waals surface area (Å²) in [5, 5.41) is 9.83. The van der Waals surface area contributed by atoms with Crippen LogP contribution in [0.2, 0.25) is 0 Å². The number of rotatable bonds is 8. The van der Waals surface area contributed by atoms with Crippen molar-refractivity contribution in [1.82, 2.24) is 24.7 Å². The molecule has 2 aromatic carbocycles. The van der Waals surface area contributed by atoms with Gasteiger partial charge < -0.3 is 9.72 Å². The van der Waals surface area contributed by atoms with Crippen LogP contribution in [0.3, 0.4) is 0 Å². The van der Waals surface area contributed by atoms with Gasteiger partial charge in [0.05, 0.1) is 16.7 Å². The van der Waals surface area contributed by atoms with Crippen LogP contribution in [0.4, 0.5) is 0 Å². The van der Waals surface area contributed by atoms with Crippen molar-refractivity contribution in [2.45, 2.75) is 24.1 Å². The normalized spacial score (nSPS) is 10.9. The van der Waals surface area contributed by atoms with Crippen LogP contribution in [-0.2, 0) is 18.9 Å². The molecule has 0 radical (unpaired) electrons. The lowest BCUT2D eigenvalue weighted by Gasteiger charge is -2.09. The highest BCUT2D eigenvalue weighted by Crippen LogP contribution is 2.22. The fourth-order valence-electron chi connectivity index (χ4n) is 2.85. The van der Waals surface area contributed by atoms with Gasteiger partial charge in [-0.2, -0.15) is 0 Å². The Hall–Kier alpha value is -3.39. The highest BCUT2D eigenvalue weighted by Gasteiger charge is 2.13. The molecule has 0 bridgehead atoms. The van der Waals surface area contributed by atoms with Gasteiger partial charge in [0.15, 0.2) is 11.0 Å². The average Bonchev–Trinajstić information content (AvgIpc) is 3.13. The number of fused-ring (bicyclic) bond motifs is 1. The van der Waals surface area contributed by atoms with Crippen LogP contribution in [0, 0.1) is 0 Å². The lowest BCUT2D eigenvalue weighted by atomic mass is 10.2. The lowest BCUT2D eigenvalue weighted by molar-refractivity contribution is 0.289. The molecule has 2 heterocycles. The third-order valence-corrected chi connectivity index (χ3v) is 5.19. The van der Waals surface area contributed by atoms with Gasteiger partial charge in [-0.3, -0.25) is 9.36 Å². The number of thioether (sulfide) groups is 1. The topological polar surface area (TPSA) is 85.7 Å². The third-order valence-electron chi connectivity index (χ3n) is 4.22. The molecule has 0 atom stereocenters. The Labute approximate surface area is 171 Å². The summed E-state index contributed by atoms with van der Waals surface area (Å²) < 4.78 is 7.74. The van der Waals surface area contributed by atoms with Gasteiger partial charge in [0, 0.05) is 6.54 Å². The van der Waals surface area contributed by atoms with Gasteiger partial charge in [-0.25, -0.2) is 4.98 Å². The SMILES string of the molecule is C=CCn1c(COc2ccccc2)nnc1SCc1nc2ccccc2c(=O)[nH]1. The molecule has 0 aliphatic carbocycles. The molecule has 4 rings (SSSR count). The van der Waals surface area contributed by atoms with E-state index in [4.69, 9.17) is 4.74 Å². The minimum atomic E-state index is -0.143. The second kappa shape index (κ2) is 8.74. The van der Waals surface area contributed by atoms with Crippen molar-refractivity contribution >= 4 is 22.7 Å². The van der Waals surface area contributed by atoms with E-state index >= 15 is 0 Å². The summed E-state index contributed by atoms with van der Waals surface area (Å²) in [5.41, 5.74) is 0.534. The number of hydrogen-bond donors (Lipinski definition) is 1. The van der Waals surface area contributed by atoms with Crippen LogP contribution in [-0.4, -0.2) is 24.7 Å². The predicted molar refractivity (Wildman–Crippen MR) is 113 cm³/mol. The molecule has 8 heteroatoms. The molecule has 0 aliphatic rings. The number of aromatic nitrogens is 5. The van der Waals surface area contributed by atoms with Gasteiger partial charge in [0.1, 0.15) is 18.2 Å². The number of allylic oxidation sites excluding steroid dienone is 1. The monoisotopic (exact) mass is 405 g/mol. The summed E-state index contributed by atoms with van der Waals surface area (Å²) in [4.78, 5) is 19.6. The molecular formula is C21H19N5O2S. The summed E-state index contributed by atoms with van der Waals surface area (Å²) in [7, 11) is 0. The number of nitrogens with zero attached hydrogens (tertiary/aromatic N) is 4. The Morgan fingerprint density at radius 1 is 1.10 bits per heavy atom. The Morgan fingerprint density at radius 2 is 1.90 bits per heavy atom. The number of nitrogens with one attached hydrogen (secondary N) is 1. The first-order valence-corrected chi connectivity index (χ1v) is 10.0. The Bertz CT molecular complexity index is 1190. The summed E-state index contributed by atoms with van der Waals surface area (Å²) in [5.74, 6) is 2.53. The van der Waals surface area contributed by atoms with E-state index in [0.717, 1.165) is 5.75 Å². The number of benzene rings is 2. The highest BCUT2D eigenvalue weighted by atomic mass is 32.2. The fourth-order valence-corrected chi connectivity index (χ4v) is 3.68. The number of hydrogen-bond acceptors (Lipinski definition) is 6. The maximum Gasteiger partial charge on any atom is 0.258 e. The smallest absolute Gasteiger partial charge is 0.258 e. The van der Waals surface area contributed by atoms with Crippen molar-refractivity contribution in [2.24, 2.45) is 0 Å². The maximum atomic E-state index is 12.2. The minimum Gasteiger partial charge on any atom is -0.486 e. The first kappa shape index (κ1) is 18.9. The molecule has 0 spiro atoms. The first-order chi connectivity index (χ1) is 14.2. The second-order valence-corrected chi connectivity index (χ2v) is 7.16. The Balaban J connectivity index is 1.50. The minimum absolute atomic E-state index is 0.143. The lowest BCUT2D eigenvalue weighted by Crippen LogP contribution is -2.11. The van der Waals surface area contributed by atoms with E-state index in [2.05, 4.69) is 26.7 Å². The number of H-pyrrole nitrogens is 1. The molecule has 0 unspecified atom stereocenters. The molecule has 0 fully saturated rings. The molecule has 4 aromatic rings. The van der Waals surface area contributed by atoms with Gasteiger partial charge in [-0.1, -0.05) is 48.2 Å². The van der Waals surface area contributed by atoms with Crippen LogP contribution in [0.25, 0.3) is 10.9 Å². The van der Waals surface area contributed by atoms with Crippen LogP contribution in [0.15, 0.2) is 77.2 Å². The molecule has 2 aromatic heterocycles. The molecule has 1 N–H and O–H groups in total. The van der Waals surface area contributed by atoms with Crippen molar-refractivity contribution in [3.63, 3.8) is 0 Å². The van der Waals surface area contributed by atoms with Gasteiger partial charge in [0.25, 0.3) is 5.56 Å². The summed E-state index contributed by atoms with van der Waals surface area (Å²) in [6, 6.07) is 16.8. The number of ether oxygens (including phenoxy) is 1. The van der Waals surface area contributed by atoms with Crippen LogP contribution in [0.5, 0.6) is 5.75 Å². The zero-order valence-electron chi connectivity index (χ0n) is 15.6. The quantitative estimate of drug-likeness (QED) is 0.356. The van der Waals surface area contributed by atoms with E-state index in [9.17, 15) is 4.79 Å². The second-order valence-electron chi connectivity index (χ2n) is 6.22. The average molecular weight is 405 g/mol. The van der Waals surface area contributed by atoms with Crippen molar-refractivity contribution in [3.05, 3.63) is 89.3 Å². The first-order valence-electron chi connectivity index (χ1n) is 9.06. The molecular weight excluding hydrogens is 386 g/mol. The summed E-state index contributed by atoms with van der Waals surface area (Å²) in [6.45, 7) is 4.68. The van der Waals surface area contributed by atoms with E-state index in [0.29, 0.717) is 46.6 Å². The van der Waals surface area contributed by atoms with E-state index in [1.54, 1.807) is 12.1 Å². The molecule has 0 saturated heterocycles. The van der Waals surface area contributed by atoms with Crippen molar-refractivity contribution < 1.29 is 4.74 Å². The number of aromatic amines is 1. The van der Waals surface area contributed by atoms with E-state index < -0.39 is 0 Å². The zero-order valence-corrected chi connectivity index (χ0v) is 16.4. The van der Waals surface area contributed by atoms with E-state index in [-0.39, 0.29) is 5.56 Å². The third kappa shape index (κ3) is 4.38. The number of para-hydroxylation sites is 2. The molecule has 0 saturated carbocycles. The van der Waals surface area contributed by atoms with Gasteiger partial charge in [-0.15, -0.1) is 16.8 Å². The van der Waals surface area contributed by atoms with Crippen molar-refractivity contribution in [3.8, 4) is 5.75 Å². The van der Waals surface area contributed by atoms with Gasteiger partial charge in [0.2, 0.25) is 0 Å². The van der Waals surface area contributed by atoms with Crippen LogP contribution < -0.4 is 10.3 Å². The van der Waals surface area contributed by atoms with Crippen LogP contribution >= 0.6 is 11.8 Å². The molecule has 7 nitrogen and oxygen atoms in total. The Morgan fingerprint density at radius 3 is 2.72 bits per heavy atom. The molecule has 29 heavy (non-hydrogen) atoms. The van der Waals surface area contributed by atoms with E-state index in [1.807, 2.05) is 53.1 Å². The largest absolute Gasteiger partial charge is 0.486 e. The zero-order chi connectivity index (χ0) is 20.1. The summed E-state index contributed by atoms with van der Waals surface area (Å²) >= 11 is 1.45. The summed E-state index contributed by atoms with van der Waals surface area (Å²) in [6.07, 6.45) is 1.79. The van der Waals surface area contributed by atoms with E-state index in [1.165, 1.54) is 11.8 Å². The molecule has 0 amide bonds. The fraction of sp³-hybridized carbons (Fsp3) is 0.143. The standard InChI is InChI=1S/C21H19N5O2S/c1-2-12-26-19(13-28-15-8-4-3-5-9-15)24-25-21(26)29-14-18-22-17-11-7-6-10-16(17)20(27)23-18/h2-11H,1,12-14H2,(H,22,23,27). The van der Waals surface area contributed by atoms with Crippen LogP contribution in [0.1, 0.15) is 11.6 Å². The molecule has 0 aliphatic heterocycles. The molecule has 146 valence electrons. The Kier molecular flexibility index (Phi) is 5.71. The van der Waals surface area contributed by atoms with Crippen molar-refractivity contribution in [1.29, 1.82) is 0 Å². The van der Waals surface area contributed by atoms with Crippen molar-refractivity contribution in [2.75, 3.05) is 0 Å². The van der Waals surface area contributed by atoms with Gasteiger partial charge >= 0.3 is 0 Å².